The van der Waals surface area contributed by atoms with Gasteiger partial charge >= 0.3 is 5.97 Å². The topological polar surface area (TPSA) is 131 Å². The van der Waals surface area contributed by atoms with Crippen LogP contribution in [0.1, 0.15) is 94.3 Å². The van der Waals surface area contributed by atoms with Crippen molar-refractivity contribution in [3.8, 4) is 22.5 Å². The molecule has 308 valence electrons. The summed E-state index contributed by atoms with van der Waals surface area (Å²) in [6, 6.07) is 13.2. The minimum atomic E-state index is -0.850. The van der Waals surface area contributed by atoms with E-state index in [-0.39, 0.29) is 42.8 Å². The zero-order valence-electron chi connectivity index (χ0n) is 35.1. The number of pyridine rings is 2. The number of rotatable bonds is 6. The Kier molecular flexibility index (Phi) is 11.2. The highest BCUT2D eigenvalue weighted by atomic mass is 16.5. The number of esters is 1. The Morgan fingerprint density at radius 1 is 1.07 bits per heavy atom. The van der Waals surface area contributed by atoms with Crippen molar-refractivity contribution in [2.24, 2.45) is 24.3 Å². The first-order valence-corrected chi connectivity index (χ1v) is 21.1. The van der Waals surface area contributed by atoms with Crippen molar-refractivity contribution in [3.05, 3.63) is 71.2 Å². The van der Waals surface area contributed by atoms with Crippen LogP contribution in [0.25, 0.3) is 33.4 Å². The van der Waals surface area contributed by atoms with E-state index in [2.05, 4.69) is 85.5 Å². The number of hydrogen-bond donors (Lipinski definition) is 2. The van der Waals surface area contributed by atoms with E-state index in [1.54, 1.807) is 7.11 Å². The molecular formula is C46H59N7O5. The zero-order chi connectivity index (χ0) is 40.9. The maximum atomic E-state index is 14.2. The summed E-state index contributed by atoms with van der Waals surface area (Å²) < 4.78 is 14.4. The highest BCUT2D eigenvalue weighted by Gasteiger charge is 2.42. The minimum Gasteiger partial charge on any atom is -0.464 e. The van der Waals surface area contributed by atoms with Crippen LogP contribution >= 0.6 is 0 Å². The maximum Gasteiger partial charge on any atom is 0.324 e. The molecule has 0 spiro atoms. The van der Waals surface area contributed by atoms with Crippen LogP contribution in [0.3, 0.4) is 0 Å². The molecule has 3 fully saturated rings. The van der Waals surface area contributed by atoms with Crippen molar-refractivity contribution in [1.29, 1.82) is 0 Å². The Labute approximate surface area is 342 Å². The molecule has 5 atom stereocenters. The van der Waals surface area contributed by atoms with Crippen LogP contribution in [0, 0.1) is 17.3 Å². The lowest BCUT2D eigenvalue weighted by atomic mass is 9.83. The number of nitrogens with zero attached hydrogens (tertiary/aromatic N) is 5. The van der Waals surface area contributed by atoms with E-state index in [4.69, 9.17) is 19.4 Å². The highest BCUT2D eigenvalue weighted by Crippen LogP contribution is 2.43. The molecule has 3 aromatic heterocycles. The van der Waals surface area contributed by atoms with Crippen LogP contribution in [-0.4, -0.2) is 94.7 Å². The van der Waals surface area contributed by atoms with Gasteiger partial charge in [-0.2, -0.15) is 0 Å². The Morgan fingerprint density at radius 2 is 1.84 bits per heavy atom. The molecule has 4 aliphatic rings. The van der Waals surface area contributed by atoms with Gasteiger partial charge < -0.3 is 24.3 Å². The number of likely N-dealkylation sites (tertiary alicyclic amines) is 1. The van der Waals surface area contributed by atoms with Crippen molar-refractivity contribution >= 4 is 28.7 Å². The third-order valence-corrected chi connectivity index (χ3v) is 13.0. The number of hydrogen-bond acceptors (Lipinski definition) is 9. The van der Waals surface area contributed by atoms with E-state index >= 15 is 0 Å². The number of aromatic nitrogens is 3. The Hall–Kier alpha value is -4.65. The molecule has 8 rings (SSSR count). The van der Waals surface area contributed by atoms with E-state index in [0.717, 1.165) is 77.0 Å². The second-order valence-corrected chi connectivity index (χ2v) is 18.1. The lowest BCUT2D eigenvalue weighted by Gasteiger charge is -2.35. The Morgan fingerprint density at radius 3 is 2.59 bits per heavy atom. The van der Waals surface area contributed by atoms with Gasteiger partial charge in [-0.1, -0.05) is 32.9 Å². The number of carbonyl (C=O) groups is 3. The zero-order valence-corrected chi connectivity index (χ0v) is 35.1. The number of ether oxygens (including phenoxy) is 2. The van der Waals surface area contributed by atoms with Crippen LogP contribution in [0.5, 0.6) is 0 Å². The van der Waals surface area contributed by atoms with Gasteiger partial charge in [-0.3, -0.25) is 29.4 Å². The molecule has 6 heterocycles. The molecule has 2 saturated heterocycles. The SMILES string of the molecule is CO[C@@H](C)c1ncc(C2CCN(C)CC2)cc1-c1c2c3cc(ccc3n1C)-c1cccc(n1)C[C@H](NC(=O)[C@H]1C[C@@H]1C)C(=O)N1CCC[C@H](N1)C(=O)OCC(C)(C)C2. The first-order valence-electron chi connectivity index (χ1n) is 21.1. The molecule has 12 heteroatoms. The van der Waals surface area contributed by atoms with Crippen LogP contribution in [0.4, 0.5) is 0 Å². The molecular weight excluding hydrogens is 731 g/mol. The summed E-state index contributed by atoms with van der Waals surface area (Å²) in [6.45, 7) is 11.1. The molecule has 1 aromatic carbocycles. The predicted molar refractivity (Wildman–Crippen MR) is 223 cm³/mol. The fraction of sp³-hybridized carbons (Fsp3) is 0.543. The molecule has 0 unspecified atom stereocenters. The molecule has 0 radical (unpaired) electrons. The van der Waals surface area contributed by atoms with Gasteiger partial charge in [0, 0.05) is 72.4 Å². The normalized spacial score (nSPS) is 24.9. The number of cyclic esters (lactones) is 1. The van der Waals surface area contributed by atoms with Crippen LogP contribution in [0.2, 0.25) is 0 Å². The number of piperidine rings is 1. The third kappa shape index (κ3) is 8.15. The average molecular weight is 790 g/mol. The Balaban J connectivity index is 1.26. The van der Waals surface area contributed by atoms with Gasteiger partial charge in [0.2, 0.25) is 5.91 Å². The molecule has 58 heavy (non-hydrogen) atoms. The van der Waals surface area contributed by atoms with Gasteiger partial charge in [0.25, 0.3) is 5.91 Å². The monoisotopic (exact) mass is 789 g/mol. The summed E-state index contributed by atoms with van der Waals surface area (Å²) in [5.74, 6) is -0.178. The highest BCUT2D eigenvalue weighted by molar-refractivity contribution is 5.95. The second kappa shape index (κ2) is 16.2. The molecule has 2 amide bonds. The summed E-state index contributed by atoms with van der Waals surface area (Å²) in [4.78, 5) is 53.9. The molecule has 3 aliphatic heterocycles. The van der Waals surface area contributed by atoms with E-state index in [1.807, 2.05) is 25.1 Å². The van der Waals surface area contributed by atoms with Gasteiger partial charge in [0.05, 0.1) is 29.8 Å². The van der Waals surface area contributed by atoms with E-state index in [9.17, 15) is 14.4 Å². The van der Waals surface area contributed by atoms with Crippen LogP contribution in [0.15, 0.2) is 48.7 Å². The molecule has 1 aliphatic carbocycles. The molecule has 6 bridgehead atoms. The number of fused-ring (bicyclic) bond motifs is 6. The average Bonchev–Trinajstić information content (AvgIpc) is 3.91. The van der Waals surface area contributed by atoms with Crippen LogP contribution in [-0.2, 0) is 43.7 Å². The molecule has 12 nitrogen and oxygen atoms in total. The van der Waals surface area contributed by atoms with Gasteiger partial charge in [-0.25, -0.2) is 5.43 Å². The van der Waals surface area contributed by atoms with Crippen molar-refractivity contribution in [3.63, 3.8) is 0 Å². The largest absolute Gasteiger partial charge is 0.464 e. The lowest BCUT2D eigenvalue weighted by molar-refractivity contribution is -0.155. The summed E-state index contributed by atoms with van der Waals surface area (Å²) >= 11 is 0. The van der Waals surface area contributed by atoms with E-state index < -0.39 is 17.5 Å². The Bertz CT molecular complexity index is 2210. The van der Waals surface area contributed by atoms with E-state index in [1.165, 1.54) is 10.6 Å². The lowest BCUT2D eigenvalue weighted by Crippen LogP contribution is -2.60. The number of methoxy groups -OCH3 is 1. The summed E-state index contributed by atoms with van der Waals surface area (Å²) in [5, 5.41) is 5.64. The van der Waals surface area contributed by atoms with Crippen molar-refractivity contribution < 1.29 is 23.9 Å². The summed E-state index contributed by atoms with van der Waals surface area (Å²) in [6.07, 6.45) is 6.80. The fourth-order valence-corrected chi connectivity index (χ4v) is 9.21. The predicted octanol–water partition coefficient (Wildman–Crippen LogP) is 6.12. The number of amides is 2. The second-order valence-electron chi connectivity index (χ2n) is 18.1. The van der Waals surface area contributed by atoms with E-state index in [0.29, 0.717) is 43.3 Å². The quantitative estimate of drug-likeness (QED) is 0.222. The standard InChI is InChI=1S/C46H59N7O5/c1-27-20-33(27)43(54)49-39-23-32-10-8-11-37(48-32)30-13-14-40-34(21-30)36(24-46(3,4)26-58-45(56)38-12-9-17-53(50-38)44(39)55)42(52(40)6)35-22-31(25-47-41(35)28(2)57-7)29-15-18-51(5)19-16-29/h8,10-11,13-14,21-22,25,27-29,33,38-39,50H,9,12,15-20,23-24,26H2,1-7H3,(H,49,54)/t27-,28-,33-,38-,39-/m0/s1. The number of carbonyl (C=O) groups excluding carboxylic acids is 3. The van der Waals surface area contributed by atoms with Crippen molar-refractivity contribution in [2.75, 3.05) is 40.4 Å². The van der Waals surface area contributed by atoms with Crippen molar-refractivity contribution in [2.45, 2.75) is 96.7 Å². The van der Waals surface area contributed by atoms with Crippen molar-refractivity contribution in [1.82, 2.24) is 35.2 Å². The fourth-order valence-electron chi connectivity index (χ4n) is 9.21. The van der Waals surface area contributed by atoms with Crippen LogP contribution < -0.4 is 10.7 Å². The minimum absolute atomic E-state index is 0.0986. The molecule has 4 aromatic rings. The number of benzene rings is 1. The third-order valence-electron chi connectivity index (χ3n) is 13.0. The summed E-state index contributed by atoms with van der Waals surface area (Å²) in [5.41, 5.74) is 11.6. The molecule has 2 N–H and O–H groups in total. The number of nitrogens with one attached hydrogen (secondary N) is 2. The van der Waals surface area contributed by atoms with Gasteiger partial charge in [0.1, 0.15) is 12.1 Å². The van der Waals surface area contributed by atoms with Gasteiger partial charge in [0.15, 0.2) is 0 Å². The molecule has 1 saturated carbocycles. The smallest absolute Gasteiger partial charge is 0.324 e. The first kappa shape index (κ1) is 40.1. The van der Waals surface area contributed by atoms with Gasteiger partial charge in [-0.15, -0.1) is 0 Å². The number of hydrazine groups is 1. The summed E-state index contributed by atoms with van der Waals surface area (Å²) in [7, 11) is 6.04. The first-order chi connectivity index (χ1) is 27.8. The maximum absolute atomic E-state index is 14.2. The number of aryl methyl sites for hydroxylation is 1. The van der Waals surface area contributed by atoms with Gasteiger partial charge in [-0.05, 0) is 119 Å².